The highest BCUT2D eigenvalue weighted by atomic mass is 32.1. The first kappa shape index (κ1) is 15.6. The highest BCUT2D eigenvalue weighted by molar-refractivity contribution is 7.13. The molecule has 24 heavy (non-hydrogen) atoms. The minimum absolute atomic E-state index is 0.135. The fourth-order valence-corrected chi connectivity index (χ4v) is 4.42. The van der Waals surface area contributed by atoms with Crippen LogP contribution in [-0.4, -0.2) is 29.8 Å². The Balaban J connectivity index is 1.40. The van der Waals surface area contributed by atoms with Gasteiger partial charge in [-0.15, -0.1) is 11.3 Å². The summed E-state index contributed by atoms with van der Waals surface area (Å²) >= 11 is 1.59. The number of ether oxygens (including phenoxy) is 1. The number of anilines is 1. The molecule has 4 rings (SSSR count). The van der Waals surface area contributed by atoms with Gasteiger partial charge >= 0.3 is 6.03 Å². The van der Waals surface area contributed by atoms with Gasteiger partial charge in [-0.1, -0.05) is 12.1 Å². The molecule has 6 heteroatoms. The Morgan fingerprint density at radius 3 is 3.12 bits per heavy atom. The molecule has 1 saturated carbocycles. The molecular weight excluding hydrogens is 322 g/mol. The fourth-order valence-electron chi connectivity index (χ4n) is 3.79. The summed E-state index contributed by atoms with van der Waals surface area (Å²) in [6.07, 6.45) is 6.45. The SMILES string of the molecule is O=C(Nc1cccc(-c2nccs2)c1)N[C@@H]1CCC[C@@H]2OCC[C@H]21. The Hall–Kier alpha value is -1.92. The zero-order chi connectivity index (χ0) is 16.4. The lowest BCUT2D eigenvalue weighted by molar-refractivity contribution is 0.0553. The van der Waals surface area contributed by atoms with Crippen molar-refractivity contribution in [3.8, 4) is 10.6 Å². The van der Waals surface area contributed by atoms with E-state index in [9.17, 15) is 4.79 Å². The van der Waals surface area contributed by atoms with Gasteiger partial charge in [-0.05, 0) is 37.8 Å². The summed E-state index contributed by atoms with van der Waals surface area (Å²) in [5.74, 6) is 0.464. The van der Waals surface area contributed by atoms with Crippen molar-refractivity contribution in [2.75, 3.05) is 11.9 Å². The molecule has 2 fully saturated rings. The number of rotatable bonds is 3. The van der Waals surface area contributed by atoms with Crippen molar-refractivity contribution in [3.05, 3.63) is 35.8 Å². The van der Waals surface area contributed by atoms with E-state index >= 15 is 0 Å². The largest absolute Gasteiger partial charge is 0.378 e. The summed E-state index contributed by atoms with van der Waals surface area (Å²) in [4.78, 5) is 16.7. The molecule has 2 heterocycles. The van der Waals surface area contributed by atoms with E-state index < -0.39 is 0 Å². The average Bonchev–Trinajstić information content (AvgIpc) is 3.27. The maximum absolute atomic E-state index is 12.4. The van der Waals surface area contributed by atoms with Crippen molar-refractivity contribution < 1.29 is 9.53 Å². The van der Waals surface area contributed by atoms with Crippen LogP contribution in [0, 0.1) is 5.92 Å². The summed E-state index contributed by atoms with van der Waals surface area (Å²) < 4.78 is 5.77. The van der Waals surface area contributed by atoms with Crippen LogP contribution in [0.25, 0.3) is 10.6 Å². The molecule has 1 saturated heterocycles. The van der Waals surface area contributed by atoms with Crippen LogP contribution < -0.4 is 10.6 Å². The number of hydrogen-bond donors (Lipinski definition) is 2. The Morgan fingerprint density at radius 2 is 2.25 bits per heavy atom. The Kier molecular flexibility index (Phi) is 4.49. The highest BCUT2D eigenvalue weighted by Crippen LogP contribution is 2.34. The second kappa shape index (κ2) is 6.91. The van der Waals surface area contributed by atoms with Crippen LogP contribution in [0.15, 0.2) is 35.8 Å². The molecule has 2 amide bonds. The number of nitrogens with one attached hydrogen (secondary N) is 2. The normalized spacial score (nSPS) is 25.9. The van der Waals surface area contributed by atoms with Gasteiger partial charge in [-0.3, -0.25) is 0 Å². The molecule has 1 aliphatic heterocycles. The van der Waals surface area contributed by atoms with Gasteiger partial charge in [0.05, 0.1) is 6.10 Å². The summed E-state index contributed by atoms with van der Waals surface area (Å²) in [6, 6.07) is 7.88. The van der Waals surface area contributed by atoms with E-state index in [1.807, 2.05) is 29.6 Å². The van der Waals surface area contributed by atoms with Crippen molar-refractivity contribution in [2.24, 2.45) is 5.92 Å². The van der Waals surface area contributed by atoms with E-state index in [0.29, 0.717) is 12.0 Å². The molecule has 2 aromatic rings. The van der Waals surface area contributed by atoms with Crippen molar-refractivity contribution in [1.82, 2.24) is 10.3 Å². The summed E-state index contributed by atoms with van der Waals surface area (Å²) in [6.45, 7) is 0.824. The van der Waals surface area contributed by atoms with Crippen molar-refractivity contribution in [1.29, 1.82) is 0 Å². The first-order chi connectivity index (χ1) is 11.8. The molecule has 1 aromatic heterocycles. The van der Waals surface area contributed by atoms with Crippen LogP contribution in [-0.2, 0) is 4.74 Å². The number of amides is 2. The van der Waals surface area contributed by atoms with Crippen molar-refractivity contribution in [3.63, 3.8) is 0 Å². The zero-order valence-corrected chi connectivity index (χ0v) is 14.2. The smallest absolute Gasteiger partial charge is 0.319 e. The molecular formula is C18H21N3O2S. The summed E-state index contributed by atoms with van der Waals surface area (Å²) in [7, 11) is 0. The van der Waals surface area contributed by atoms with Gasteiger partial charge in [0.2, 0.25) is 0 Å². The number of fused-ring (bicyclic) bond motifs is 1. The van der Waals surface area contributed by atoms with Gasteiger partial charge in [0.25, 0.3) is 0 Å². The first-order valence-corrected chi connectivity index (χ1v) is 9.36. The number of aromatic nitrogens is 1. The third-order valence-electron chi connectivity index (χ3n) is 4.90. The molecule has 2 N–H and O–H groups in total. The predicted molar refractivity (Wildman–Crippen MR) is 95.2 cm³/mol. The third kappa shape index (κ3) is 3.30. The highest BCUT2D eigenvalue weighted by Gasteiger charge is 2.38. The quantitative estimate of drug-likeness (QED) is 0.889. The second-order valence-electron chi connectivity index (χ2n) is 6.42. The lowest BCUT2D eigenvalue weighted by Crippen LogP contribution is -2.47. The number of urea groups is 1. The fraction of sp³-hybridized carbons (Fsp3) is 0.444. The molecule has 1 aliphatic carbocycles. The number of thiazole rings is 1. The van der Waals surface area contributed by atoms with E-state index in [4.69, 9.17) is 4.74 Å². The van der Waals surface area contributed by atoms with Crippen molar-refractivity contribution in [2.45, 2.75) is 37.8 Å². The lowest BCUT2D eigenvalue weighted by atomic mass is 9.82. The predicted octanol–water partition coefficient (Wildman–Crippen LogP) is 3.89. The third-order valence-corrected chi connectivity index (χ3v) is 5.72. The minimum Gasteiger partial charge on any atom is -0.378 e. The topological polar surface area (TPSA) is 63.2 Å². The number of carbonyl (C=O) groups is 1. The van der Waals surface area contributed by atoms with Crippen LogP contribution in [0.1, 0.15) is 25.7 Å². The second-order valence-corrected chi connectivity index (χ2v) is 7.31. The average molecular weight is 343 g/mol. The van der Waals surface area contributed by atoms with Crippen LogP contribution in [0.4, 0.5) is 10.5 Å². The van der Waals surface area contributed by atoms with Gasteiger partial charge in [0.15, 0.2) is 0 Å². The molecule has 0 bridgehead atoms. The molecule has 1 aromatic carbocycles. The molecule has 0 unspecified atom stereocenters. The standard InChI is InChI=1S/C18H21N3O2S/c22-18(21-15-5-2-6-16-14(15)7-9-23-16)20-13-4-1-3-12(11-13)17-19-8-10-24-17/h1,3-4,8,10-11,14-16H,2,5-7,9H2,(H2,20,21,22)/t14-,15+,16-/m0/s1. The van der Waals surface area contributed by atoms with Gasteiger partial charge in [-0.25, -0.2) is 9.78 Å². The molecule has 3 atom stereocenters. The zero-order valence-electron chi connectivity index (χ0n) is 13.4. The number of hydrogen-bond acceptors (Lipinski definition) is 4. The van der Waals surface area contributed by atoms with E-state index in [1.54, 1.807) is 17.5 Å². The maximum atomic E-state index is 12.4. The lowest BCUT2D eigenvalue weighted by Gasteiger charge is -2.33. The Morgan fingerprint density at radius 1 is 1.29 bits per heavy atom. The van der Waals surface area contributed by atoms with Crippen LogP contribution in [0.3, 0.4) is 0 Å². The van der Waals surface area contributed by atoms with Gasteiger partial charge < -0.3 is 15.4 Å². The Bertz CT molecular complexity index is 704. The maximum Gasteiger partial charge on any atom is 0.319 e. The van der Waals surface area contributed by atoms with Crippen LogP contribution in [0.5, 0.6) is 0 Å². The van der Waals surface area contributed by atoms with Crippen LogP contribution in [0.2, 0.25) is 0 Å². The summed E-state index contributed by atoms with van der Waals surface area (Å²) in [5, 5.41) is 9.01. The van der Waals surface area contributed by atoms with E-state index in [2.05, 4.69) is 15.6 Å². The molecule has 0 radical (unpaired) electrons. The van der Waals surface area contributed by atoms with Crippen LogP contribution >= 0.6 is 11.3 Å². The molecule has 126 valence electrons. The first-order valence-electron chi connectivity index (χ1n) is 8.48. The van der Waals surface area contributed by atoms with Gasteiger partial charge in [-0.2, -0.15) is 0 Å². The molecule has 2 aliphatic rings. The molecule has 0 spiro atoms. The number of carbonyl (C=O) groups excluding carboxylic acids is 1. The number of benzene rings is 1. The minimum atomic E-state index is -0.135. The van der Waals surface area contributed by atoms with Gasteiger partial charge in [0, 0.05) is 41.4 Å². The van der Waals surface area contributed by atoms with E-state index in [0.717, 1.165) is 48.5 Å². The van der Waals surface area contributed by atoms with Crippen molar-refractivity contribution >= 4 is 23.1 Å². The number of nitrogens with zero attached hydrogens (tertiary/aromatic N) is 1. The van der Waals surface area contributed by atoms with E-state index in [1.165, 1.54) is 0 Å². The van der Waals surface area contributed by atoms with E-state index in [-0.39, 0.29) is 12.1 Å². The summed E-state index contributed by atoms with van der Waals surface area (Å²) in [5.41, 5.74) is 1.81. The monoisotopic (exact) mass is 343 g/mol. The Labute approximate surface area is 145 Å². The van der Waals surface area contributed by atoms with Gasteiger partial charge in [0.1, 0.15) is 5.01 Å². The molecule has 5 nitrogen and oxygen atoms in total.